The number of hydrogen-bond acceptors (Lipinski definition) is 5. The average molecular weight is 448 g/mol. The number of fused-ring (bicyclic) bond motifs is 1. The molecule has 1 amide bonds. The summed E-state index contributed by atoms with van der Waals surface area (Å²) in [5.74, 6) is 0.477. The fraction of sp³-hybridized carbons (Fsp3) is 0.250. The molecule has 32 heavy (non-hydrogen) atoms. The summed E-state index contributed by atoms with van der Waals surface area (Å²) in [6.45, 7) is 4.27. The van der Waals surface area contributed by atoms with Crippen LogP contribution in [0.2, 0.25) is 0 Å². The smallest absolute Gasteiger partial charge is 0.262 e. The van der Waals surface area contributed by atoms with Gasteiger partial charge < -0.3 is 10.3 Å². The van der Waals surface area contributed by atoms with Gasteiger partial charge in [0.2, 0.25) is 5.91 Å². The molecule has 0 spiro atoms. The lowest BCUT2D eigenvalue weighted by atomic mass is 9.97. The number of aromatic nitrogens is 4. The number of H-pyrrole nitrogens is 1. The van der Waals surface area contributed by atoms with Gasteiger partial charge in [-0.05, 0) is 30.0 Å². The lowest BCUT2D eigenvalue weighted by molar-refractivity contribution is -0.119. The monoisotopic (exact) mass is 447 g/mol. The van der Waals surface area contributed by atoms with Gasteiger partial charge in [0.25, 0.3) is 5.56 Å². The number of thioether (sulfide) groups is 1. The van der Waals surface area contributed by atoms with Crippen LogP contribution in [0.15, 0.2) is 76.8 Å². The van der Waals surface area contributed by atoms with Crippen LogP contribution in [-0.2, 0) is 4.79 Å². The summed E-state index contributed by atoms with van der Waals surface area (Å²) in [4.78, 5) is 32.5. The quantitative estimate of drug-likeness (QED) is 0.313. The average Bonchev–Trinajstić information content (AvgIpc) is 3.23. The van der Waals surface area contributed by atoms with E-state index in [-0.39, 0.29) is 23.3 Å². The van der Waals surface area contributed by atoms with E-state index in [1.54, 1.807) is 4.68 Å². The van der Waals surface area contributed by atoms with E-state index in [2.05, 4.69) is 34.2 Å². The van der Waals surface area contributed by atoms with Crippen LogP contribution in [-0.4, -0.2) is 31.4 Å². The molecule has 2 aromatic carbocycles. The zero-order valence-corrected chi connectivity index (χ0v) is 18.8. The molecule has 0 fully saturated rings. The summed E-state index contributed by atoms with van der Waals surface area (Å²) in [6.07, 6.45) is 2.35. The van der Waals surface area contributed by atoms with Gasteiger partial charge in [-0.1, -0.05) is 74.1 Å². The van der Waals surface area contributed by atoms with Gasteiger partial charge in [-0.25, -0.2) is 9.67 Å². The van der Waals surface area contributed by atoms with Crippen molar-refractivity contribution in [2.45, 2.75) is 31.5 Å². The molecule has 1 unspecified atom stereocenters. The molecule has 2 aromatic heterocycles. The van der Waals surface area contributed by atoms with E-state index in [1.165, 1.54) is 18.0 Å². The van der Waals surface area contributed by atoms with Crippen LogP contribution in [0.25, 0.3) is 16.7 Å². The van der Waals surface area contributed by atoms with Crippen LogP contribution in [0, 0.1) is 5.92 Å². The summed E-state index contributed by atoms with van der Waals surface area (Å²) in [6, 6.07) is 19.4. The predicted octanol–water partition coefficient (Wildman–Crippen LogP) is 4.10. The van der Waals surface area contributed by atoms with Crippen molar-refractivity contribution in [3.05, 3.63) is 82.8 Å². The van der Waals surface area contributed by atoms with Crippen molar-refractivity contribution in [1.82, 2.24) is 25.1 Å². The molecule has 8 heteroatoms. The molecule has 164 valence electrons. The molecular formula is C24H25N5O2S. The fourth-order valence-electron chi connectivity index (χ4n) is 3.53. The molecule has 0 aliphatic heterocycles. The number of hydrogen-bond donors (Lipinski definition) is 2. The van der Waals surface area contributed by atoms with Gasteiger partial charge in [0.15, 0.2) is 10.8 Å². The Morgan fingerprint density at radius 1 is 1.09 bits per heavy atom. The fourth-order valence-corrected chi connectivity index (χ4v) is 4.20. The molecular weight excluding hydrogens is 422 g/mol. The summed E-state index contributed by atoms with van der Waals surface area (Å²) >= 11 is 1.20. The second kappa shape index (κ2) is 9.82. The SMILES string of the molecule is CC(C)CC(NC(=O)CSc1nc2c(cnn2-c2ccccc2)c(=O)[nH]1)c1ccccc1. The maximum Gasteiger partial charge on any atom is 0.262 e. The number of benzene rings is 2. The number of aromatic amines is 1. The van der Waals surface area contributed by atoms with Gasteiger partial charge in [-0.15, -0.1) is 0 Å². The van der Waals surface area contributed by atoms with Crippen LogP contribution >= 0.6 is 11.8 Å². The lowest BCUT2D eigenvalue weighted by Crippen LogP contribution is -2.31. The number of para-hydroxylation sites is 1. The number of nitrogens with one attached hydrogen (secondary N) is 2. The molecule has 2 heterocycles. The normalized spacial score (nSPS) is 12.2. The van der Waals surface area contributed by atoms with Crippen molar-refractivity contribution in [2.24, 2.45) is 5.92 Å². The minimum absolute atomic E-state index is 0.0571. The van der Waals surface area contributed by atoms with Gasteiger partial charge in [0.05, 0.1) is 23.7 Å². The van der Waals surface area contributed by atoms with Crippen molar-refractivity contribution in [3.8, 4) is 5.69 Å². The summed E-state index contributed by atoms with van der Waals surface area (Å²) in [7, 11) is 0. The van der Waals surface area contributed by atoms with E-state index in [0.29, 0.717) is 22.1 Å². The second-order valence-corrected chi connectivity index (χ2v) is 8.91. The topological polar surface area (TPSA) is 92.7 Å². The standard InChI is InChI=1S/C24H25N5O2S/c1-16(2)13-20(17-9-5-3-6-10-17)26-21(30)15-32-24-27-22-19(23(31)28-24)14-25-29(22)18-11-7-4-8-12-18/h3-12,14,16,20H,13,15H2,1-2H3,(H,26,30)(H,27,28,31). The Kier molecular flexibility index (Phi) is 6.70. The Morgan fingerprint density at radius 3 is 2.47 bits per heavy atom. The predicted molar refractivity (Wildman–Crippen MR) is 127 cm³/mol. The van der Waals surface area contributed by atoms with Crippen molar-refractivity contribution in [2.75, 3.05) is 5.75 Å². The van der Waals surface area contributed by atoms with Gasteiger partial charge >= 0.3 is 0 Å². The van der Waals surface area contributed by atoms with E-state index < -0.39 is 0 Å². The Morgan fingerprint density at radius 2 is 1.78 bits per heavy atom. The van der Waals surface area contributed by atoms with Gasteiger partial charge in [-0.2, -0.15) is 5.10 Å². The van der Waals surface area contributed by atoms with E-state index in [0.717, 1.165) is 17.7 Å². The highest BCUT2D eigenvalue weighted by Gasteiger charge is 2.17. The van der Waals surface area contributed by atoms with Crippen molar-refractivity contribution < 1.29 is 4.79 Å². The molecule has 0 aliphatic rings. The molecule has 0 bridgehead atoms. The molecule has 0 radical (unpaired) electrons. The van der Waals surface area contributed by atoms with Crippen LogP contribution in [0.1, 0.15) is 31.9 Å². The van der Waals surface area contributed by atoms with Gasteiger partial charge in [-0.3, -0.25) is 9.59 Å². The van der Waals surface area contributed by atoms with Crippen LogP contribution in [0.5, 0.6) is 0 Å². The van der Waals surface area contributed by atoms with E-state index in [9.17, 15) is 9.59 Å². The first-order valence-electron chi connectivity index (χ1n) is 10.5. The lowest BCUT2D eigenvalue weighted by Gasteiger charge is -2.21. The van der Waals surface area contributed by atoms with Crippen molar-refractivity contribution >= 4 is 28.7 Å². The number of rotatable bonds is 8. The van der Waals surface area contributed by atoms with Gasteiger partial charge in [0, 0.05) is 0 Å². The maximum atomic E-state index is 12.7. The molecule has 0 saturated carbocycles. The molecule has 2 N–H and O–H groups in total. The first-order chi connectivity index (χ1) is 15.5. The van der Waals surface area contributed by atoms with E-state index in [1.807, 2.05) is 60.7 Å². The summed E-state index contributed by atoms with van der Waals surface area (Å²) in [5, 5.41) is 8.22. The molecule has 7 nitrogen and oxygen atoms in total. The minimum Gasteiger partial charge on any atom is -0.349 e. The molecule has 0 saturated heterocycles. The molecule has 4 aromatic rings. The van der Waals surface area contributed by atoms with Gasteiger partial charge in [0.1, 0.15) is 5.39 Å². The third-order valence-corrected chi connectivity index (χ3v) is 5.87. The molecule has 0 aliphatic carbocycles. The number of nitrogens with zero attached hydrogens (tertiary/aromatic N) is 3. The first-order valence-corrected chi connectivity index (χ1v) is 11.5. The first kappa shape index (κ1) is 21.8. The minimum atomic E-state index is -0.276. The third-order valence-electron chi connectivity index (χ3n) is 5.00. The number of amides is 1. The maximum absolute atomic E-state index is 12.7. The zero-order valence-electron chi connectivity index (χ0n) is 18.0. The second-order valence-electron chi connectivity index (χ2n) is 7.95. The summed E-state index contributed by atoms with van der Waals surface area (Å²) < 4.78 is 1.63. The third kappa shape index (κ3) is 5.08. The zero-order chi connectivity index (χ0) is 22.5. The highest BCUT2D eigenvalue weighted by molar-refractivity contribution is 7.99. The van der Waals surface area contributed by atoms with Crippen molar-refractivity contribution in [3.63, 3.8) is 0 Å². The summed E-state index contributed by atoms with van der Waals surface area (Å²) in [5.41, 5.74) is 2.08. The van der Waals surface area contributed by atoms with E-state index in [4.69, 9.17) is 0 Å². The largest absolute Gasteiger partial charge is 0.349 e. The van der Waals surface area contributed by atoms with E-state index >= 15 is 0 Å². The van der Waals surface area contributed by atoms with Crippen LogP contribution in [0.3, 0.4) is 0 Å². The van der Waals surface area contributed by atoms with Crippen molar-refractivity contribution in [1.29, 1.82) is 0 Å². The Hall–Kier alpha value is -3.39. The molecule has 1 atom stereocenters. The number of carbonyl (C=O) groups is 1. The number of carbonyl (C=O) groups excluding carboxylic acids is 1. The molecule has 4 rings (SSSR count). The van der Waals surface area contributed by atoms with Crippen LogP contribution < -0.4 is 10.9 Å². The Bertz CT molecular complexity index is 1250. The van der Waals surface area contributed by atoms with Crippen LogP contribution in [0.4, 0.5) is 0 Å². The Labute approximate surface area is 190 Å². The highest BCUT2D eigenvalue weighted by atomic mass is 32.2. The highest BCUT2D eigenvalue weighted by Crippen LogP contribution is 2.22. The Balaban J connectivity index is 1.50.